The SMILES string of the molecule is C[C@@H]1CC(C)(C)C(=O)[C@H]1[N+](=O)[O-]. The topological polar surface area (TPSA) is 60.2 Å². The quantitative estimate of drug-likeness (QED) is 0.441. The van der Waals surface area contributed by atoms with Crippen LogP contribution in [-0.4, -0.2) is 16.7 Å². The Morgan fingerprint density at radius 3 is 2.25 bits per heavy atom. The Morgan fingerprint density at radius 2 is 2.08 bits per heavy atom. The molecule has 1 rings (SSSR count). The van der Waals surface area contributed by atoms with Gasteiger partial charge in [-0.3, -0.25) is 14.9 Å². The van der Waals surface area contributed by atoms with E-state index in [4.69, 9.17) is 0 Å². The molecule has 0 bridgehead atoms. The number of hydrogen-bond donors (Lipinski definition) is 0. The van der Waals surface area contributed by atoms with Crippen LogP contribution in [0, 0.1) is 21.4 Å². The normalized spacial score (nSPS) is 33.8. The summed E-state index contributed by atoms with van der Waals surface area (Å²) in [6.45, 7) is 5.31. The van der Waals surface area contributed by atoms with Gasteiger partial charge in [0.25, 0.3) is 6.04 Å². The number of Topliss-reactive ketones (excluding diaryl/α,β-unsaturated/α-hetero) is 1. The highest BCUT2D eigenvalue weighted by Gasteiger charge is 2.52. The molecular weight excluding hydrogens is 158 g/mol. The fourth-order valence-electron chi connectivity index (χ4n) is 1.98. The lowest BCUT2D eigenvalue weighted by Gasteiger charge is -2.12. The third-order valence-corrected chi connectivity index (χ3v) is 2.53. The minimum atomic E-state index is -0.972. The first-order chi connectivity index (χ1) is 5.36. The zero-order valence-electron chi connectivity index (χ0n) is 7.53. The second-order valence-electron chi connectivity index (χ2n) is 4.16. The maximum absolute atomic E-state index is 11.4. The number of carbonyl (C=O) groups is 1. The molecule has 4 nitrogen and oxygen atoms in total. The van der Waals surface area contributed by atoms with Gasteiger partial charge in [-0.25, -0.2) is 0 Å². The lowest BCUT2D eigenvalue weighted by Crippen LogP contribution is -2.33. The lowest BCUT2D eigenvalue weighted by atomic mass is 9.90. The van der Waals surface area contributed by atoms with Gasteiger partial charge in [-0.15, -0.1) is 0 Å². The van der Waals surface area contributed by atoms with Gasteiger partial charge in [0.05, 0.1) is 0 Å². The van der Waals surface area contributed by atoms with Crippen LogP contribution < -0.4 is 0 Å². The maximum atomic E-state index is 11.4. The molecule has 0 amide bonds. The molecular formula is C8H13NO3. The monoisotopic (exact) mass is 171 g/mol. The highest BCUT2D eigenvalue weighted by Crippen LogP contribution is 2.38. The van der Waals surface area contributed by atoms with Crippen molar-refractivity contribution >= 4 is 5.78 Å². The van der Waals surface area contributed by atoms with E-state index in [1.807, 2.05) is 0 Å². The third-order valence-electron chi connectivity index (χ3n) is 2.53. The van der Waals surface area contributed by atoms with Crippen LogP contribution in [0.5, 0.6) is 0 Å². The molecule has 0 N–H and O–H groups in total. The van der Waals surface area contributed by atoms with Gasteiger partial charge in [0, 0.05) is 16.3 Å². The fraction of sp³-hybridized carbons (Fsp3) is 0.875. The van der Waals surface area contributed by atoms with E-state index in [9.17, 15) is 14.9 Å². The summed E-state index contributed by atoms with van der Waals surface area (Å²) in [5.41, 5.74) is -0.503. The van der Waals surface area contributed by atoms with Crippen LogP contribution in [-0.2, 0) is 4.79 Å². The number of rotatable bonds is 1. The molecule has 0 aliphatic heterocycles. The van der Waals surface area contributed by atoms with Gasteiger partial charge in [-0.2, -0.15) is 0 Å². The second kappa shape index (κ2) is 2.54. The zero-order chi connectivity index (χ0) is 9.52. The standard InChI is InChI=1S/C8H13NO3/c1-5-4-8(2,3)7(10)6(5)9(11)12/h5-6H,4H2,1-3H3/t5-,6+/m1/s1. The smallest absolute Gasteiger partial charge is 0.273 e. The highest BCUT2D eigenvalue weighted by molar-refractivity contribution is 5.90. The summed E-state index contributed by atoms with van der Waals surface area (Å²) in [5, 5.41) is 10.5. The molecule has 0 unspecified atom stereocenters. The number of nitro groups is 1. The van der Waals surface area contributed by atoms with Gasteiger partial charge in [-0.05, 0) is 6.42 Å². The van der Waals surface area contributed by atoms with Crippen LogP contribution in [0.3, 0.4) is 0 Å². The molecule has 1 aliphatic carbocycles. The van der Waals surface area contributed by atoms with Crippen LogP contribution >= 0.6 is 0 Å². The van der Waals surface area contributed by atoms with Gasteiger partial charge in [-0.1, -0.05) is 20.8 Å². The van der Waals surface area contributed by atoms with Gasteiger partial charge in [0.2, 0.25) is 5.78 Å². The number of hydrogen-bond acceptors (Lipinski definition) is 3. The third kappa shape index (κ3) is 1.21. The van der Waals surface area contributed by atoms with Crippen LogP contribution in [0.2, 0.25) is 0 Å². The largest absolute Gasteiger partial charge is 0.291 e. The van der Waals surface area contributed by atoms with E-state index >= 15 is 0 Å². The summed E-state index contributed by atoms with van der Waals surface area (Å²) in [7, 11) is 0. The fourth-order valence-corrected chi connectivity index (χ4v) is 1.98. The van der Waals surface area contributed by atoms with Crippen LogP contribution in [0.15, 0.2) is 0 Å². The summed E-state index contributed by atoms with van der Waals surface area (Å²) in [4.78, 5) is 21.5. The first kappa shape index (κ1) is 9.16. The Hall–Kier alpha value is -0.930. The molecule has 0 saturated heterocycles. The number of nitrogens with zero attached hydrogens (tertiary/aromatic N) is 1. The number of ketones is 1. The summed E-state index contributed by atoms with van der Waals surface area (Å²) in [6, 6.07) is -0.972. The van der Waals surface area contributed by atoms with Crippen LogP contribution in [0.25, 0.3) is 0 Å². The second-order valence-corrected chi connectivity index (χ2v) is 4.16. The molecule has 68 valence electrons. The molecule has 12 heavy (non-hydrogen) atoms. The van der Waals surface area contributed by atoms with Crippen molar-refractivity contribution in [3.63, 3.8) is 0 Å². The first-order valence-electron chi connectivity index (χ1n) is 4.04. The molecule has 0 heterocycles. The minimum Gasteiger partial charge on any atom is -0.291 e. The first-order valence-corrected chi connectivity index (χ1v) is 4.04. The molecule has 4 heteroatoms. The summed E-state index contributed by atoms with van der Waals surface area (Å²) in [6.07, 6.45) is 0.622. The van der Waals surface area contributed by atoms with Crippen molar-refractivity contribution in [2.45, 2.75) is 33.2 Å². The van der Waals surface area contributed by atoms with Gasteiger partial charge in [0.15, 0.2) is 0 Å². The van der Waals surface area contributed by atoms with Crippen molar-refractivity contribution in [3.8, 4) is 0 Å². The summed E-state index contributed by atoms with van der Waals surface area (Å²) >= 11 is 0. The predicted molar refractivity (Wildman–Crippen MR) is 43.4 cm³/mol. The van der Waals surface area contributed by atoms with E-state index in [2.05, 4.69) is 0 Å². The average molecular weight is 171 g/mol. The van der Waals surface area contributed by atoms with Crippen molar-refractivity contribution in [3.05, 3.63) is 10.1 Å². The van der Waals surface area contributed by atoms with Gasteiger partial charge >= 0.3 is 0 Å². The number of carbonyl (C=O) groups excluding carboxylic acids is 1. The van der Waals surface area contributed by atoms with Gasteiger partial charge in [0.1, 0.15) is 0 Å². The lowest BCUT2D eigenvalue weighted by molar-refractivity contribution is -0.513. The Kier molecular flexibility index (Phi) is 1.94. The predicted octanol–water partition coefficient (Wildman–Crippen LogP) is 1.27. The molecule has 1 fully saturated rings. The Morgan fingerprint density at radius 1 is 1.58 bits per heavy atom. The Balaban J connectivity index is 2.93. The van der Waals surface area contributed by atoms with Gasteiger partial charge < -0.3 is 0 Å². The molecule has 0 aromatic carbocycles. The zero-order valence-corrected chi connectivity index (χ0v) is 7.53. The minimum absolute atomic E-state index is 0.123. The van der Waals surface area contributed by atoms with E-state index in [0.717, 1.165) is 0 Å². The summed E-state index contributed by atoms with van der Waals surface area (Å²) < 4.78 is 0. The van der Waals surface area contributed by atoms with E-state index < -0.39 is 16.4 Å². The molecule has 0 aromatic rings. The van der Waals surface area contributed by atoms with E-state index in [1.165, 1.54) is 0 Å². The molecule has 1 saturated carbocycles. The molecule has 0 radical (unpaired) electrons. The molecule has 1 aliphatic rings. The maximum Gasteiger partial charge on any atom is 0.273 e. The molecule has 0 spiro atoms. The average Bonchev–Trinajstić information content (AvgIpc) is 2.02. The van der Waals surface area contributed by atoms with Crippen LogP contribution in [0.4, 0.5) is 0 Å². The highest BCUT2D eigenvalue weighted by atomic mass is 16.6. The van der Waals surface area contributed by atoms with Crippen molar-refractivity contribution in [2.24, 2.45) is 11.3 Å². The Bertz CT molecular complexity index is 234. The van der Waals surface area contributed by atoms with Crippen molar-refractivity contribution < 1.29 is 9.72 Å². The van der Waals surface area contributed by atoms with E-state index in [-0.39, 0.29) is 11.7 Å². The van der Waals surface area contributed by atoms with E-state index in [1.54, 1.807) is 20.8 Å². The van der Waals surface area contributed by atoms with E-state index in [0.29, 0.717) is 6.42 Å². The Labute approximate surface area is 71.1 Å². The van der Waals surface area contributed by atoms with Crippen LogP contribution in [0.1, 0.15) is 27.2 Å². The van der Waals surface area contributed by atoms with Crippen molar-refractivity contribution in [1.29, 1.82) is 0 Å². The van der Waals surface area contributed by atoms with Crippen molar-refractivity contribution in [1.82, 2.24) is 0 Å². The van der Waals surface area contributed by atoms with Crippen molar-refractivity contribution in [2.75, 3.05) is 0 Å². The molecule has 2 atom stereocenters. The summed E-state index contributed by atoms with van der Waals surface area (Å²) in [5.74, 6) is -0.345. The molecule has 0 aromatic heterocycles.